The van der Waals surface area contributed by atoms with Crippen molar-refractivity contribution in [3.8, 4) is 5.75 Å². The molecule has 2 unspecified atom stereocenters. The van der Waals surface area contributed by atoms with Crippen LogP contribution >= 0.6 is 23.2 Å². The minimum atomic E-state index is 0.562. The first-order chi connectivity index (χ1) is 7.20. The molecule has 2 rings (SSSR count). The van der Waals surface area contributed by atoms with E-state index in [1.165, 1.54) is 6.42 Å². The predicted molar refractivity (Wildman–Crippen MR) is 62.6 cm³/mol. The zero-order valence-electron chi connectivity index (χ0n) is 8.25. The highest BCUT2D eigenvalue weighted by Crippen LogP contribution is 2.38. The van der Waals surface area contributed by atoms with Crippen molar-refractivity contribution >= 4 is 23.2 Å². The number of hydrogen-bond acceptors (Lipinski definition) is 2. The van der Waals surface area contributed by atoms with Crippen LogP contribution in [0.5, 0.6) is 5.75 Å². The molecule has 1 saturated carbocycles. The van der Waals surface area contributed by atoms with Crippen LogP contribution in [-0.2, 0) is 0 Å². The van der Waals surface area contributed by atoms with Crippen LogP contribution in [0.1, 0.15) is 6.42 Å². The zero-order valence-corrected chi connectivity index (χ0v) is 9.76. The molecule has 0 saturated heterocycles. The van der Waals surface area contributed by atoms with Crippen LogP contribution in [0.2, 0.25) is 10.0 Å². The molecule has 15 heavy (non-hydrogen) atoms. The van der Waals surface area contributed by atoms with Crippen molar-refractivity contribution in [1.82, 2.24) is 0 Å². The zero-order chi connectivity index (χ0) is 10.8. The van der Waals surface area contributed by atoms with E-state index >= 15 is 0 Å². The molecule has 82 valence electrons. The maximum absolute atomic E-state index is 5.97. The van der Waals surface area contributed by atoms with Gasteiger partial charge < -0.3 is 10.5 Å². The summed E-state index contributed by atoms with van der Waals surface area (Å²) in [5.41, 5.74) is 5.54. The Labute approximate surface area is 99.3 Å². The topological polar surface area (TPSA) is 35.2 Å². The van der Waals surface area contributed by atoms with Gasteiger partial charge in [-0.25, -0.2) is 0 Å². The summed E-state index contributed by atoms with van der Waals surface area (Å²) in [5.74, 6) is 1.93. The summed E-state index contributed by atoms with van der Waals surface area (Å²) in [6.07, 6.45) is 1.17. The van der Waals surface area contributed by atoms with Crippen LogP contribution < -0.4 is 10.5 Å². The van der Waals surface area contributed by atoms with Gasteiger partial charge in [0.25, 0.3) is 0 Å². The molecular weight excluding hydrogens is 233 g/mol. The average molecular weight is 246 g/mol. The molecule has 1 aliphatic carbocycles. The summed E-state index contributed by atoms with van der Waals surface area (Å²) in [7, 11) is 0. The maximum atomic E-state index is 5.97. The number of ether oxygens (including phenoxy) is 1. The lowest BCUT2D eigenvalue weighted by molar-refractivity contribution is 0.292. The van der Waals surface area contributed by atoms with E-state index in [1.807, 2.05) is 0 Å². The van der Waals surface area contributed by atoms with Gasteiger partial charge in [0.05, 0.1) is 11.6 Å². The SMILES string of the molecule is NCC1CC1COc1ccc(Cl)cc1Cl. The Kier molecular flexibility index (Phi) is 3.39. The van der Waals surface area contributed by atoms with Gasteiger partial charge in [-0.1, -0.05) is 23.2 Å². The molecule has 0 spiro atoms. The smallest absolute Gasteiger partial charge is 0.137 e. The van der Waals surface area contributed by atoms with Crippen LogP contribution in [-0.4, -0.2) is 13.2 Å². The van der Waals surface area contributed by atoms with Crippen molar-refractivity contribution in [2.75, 3.05) is 13.2 Å². The highest BCUT2D eigenvalue weighted by atomic mass is 35.5. The van der Waals surface area contributed by atoms with Crippen LogP contribution in [0.4, 0.5) is 0 Å². The molecule has 1 fully saturated rings. The quantitative estimate of drug-likeness (QED) is 0.886. The molecule has 1 aromatic rings. The predicted octanol–water partition coefficient (Wildman–Crippen LogP) is 2.97. The molecule has 2 atom stereocenters. The minimum Gasteiger partial charge on any atom is -0.492 e. The lowest BCUT2D eigenvalue weighted by atomic mass is 10.3. The Morgan fingerprint density at radius 3 is 2.73 bits per heavy atom. The minimum absolute atomic E-state index is 0.562. The Hall–Kier alpha value is -0.440. The first-order valence-electron chi connectivity index (χ1n) is 4.98. The monoisotopic (exact) mass is 245 g/mol. The van der Waals surface area contributed by atoms with E-state index in [0.29, 0.717) is 34.2 Å². The van der Waals surface area contributed by atoms with Crippen molar-refractivity contribution in [3.63, 3.8) is 0 Å². The molecule has 0 aliphatic heterocycles. The molecule has 0 aromatic heterocycles. The number of halogens is 2. The van der Waals surface area contributed by atoms with Gasteiger partial charge in [-0.15, -0.1) is 0 Å². The fourth-order valence-corrected chi connectivity index (χ4v) is 2.06. The fraction of sp³-hybridized carbons (Fsp3) is 0.455. The number of hydrogen-bond donors (Lipinski definition) is 1. The van der Waals surface area contributed by atoms with E-state index in [9.17, 15) is 0 Å². The summed E-state index contributed by atoms with van der Waals surface area (Å²) in [5, 5.41) is 1.19. The van der Waals surface area contributed by atoms with Gasteiger partial charge in [0, 0.05) is 5.02 Å². The third-order valence-corrected chi connectivity index (χ3v) is 3.25. The van der Waals surface area contributed by atoms with Crippen LogP contribution in [0.15, 0.2) is 18.2 Å². The first kappa shape index (κ1) is 11.1. The highest BCUT2D eigenvalue weighted by Gasteiger charge is 2.36. The van der Waals surface area contributed by atoms with Crippen LogP contribution in [0, 0.1) is 11.8 Å². The Balaban J connectivity index is 1.88. The van der Waals surface area contributed by atoms with Gasteiger partial charge in [-0.05, 0) is 43.0 Å². The van der Waals surface area contributed by atoms with Gasteiger partial charge in [0.2, 0.25) is 0 Å². The van der Waals surface area contributed by atoms with E-state index in [0.717, 1.165) is 6.54 Å². The second kappa shape index (κ2) is 4.60. The maximum Gasteiger partial charge on any atom is 0.137 e. The second-order valence-corrected chi connectivity index (χ2v) is 4.72. The number of nitrogens with two attached hydrogens (primary N) is 1. The first-order valence-corrected chi connectivity index (χ1v) is 5.74. The summed E-state index contributed by atoms with van der Waals surface area (Å²) in [4.78, 5) is 0. The third kappa shape index (κ3) is 2.77. The van der Waals surface area contributed by atoms with Gasteiger partial charge >= 0.3 is 0 Å². The molecule has 0 radical (unpaired) electrons. The molecule has 1 aromatic carbocycles. The molecule has 2 N–H and O–H groups in total. The molecular formula is C11H13Cl2NO. The van der Waals surface area contributed by atoms with E-state index in [2.05, 4.69) is 0 Å². The van der Waals surface area contributed by atoms with E-state index in [1.54, 1.807) is 18.2 Å². The number of rotatable bonds is 4. The van der Waals surface area contributed by atoms with Gasteiger partial charge in [0.15, 0.2) is 0 Å². The third-order valence-electron chi connectivity index (χ3n) is 2.72. The van der Waals surface area contributed by atoms with E-state index < -0.39 is 0 Å². The Bertz CT molecular complexity index is 356. The van der Waals surface area contributed by atoms with Crippen molar-refractivity contribution in [1.29, 1.82) is 0 Å². The standard InChI is InChI=1S/C11H13Cl2NO/c12-9-1-2-11(10(13)4-9)15-6-8-3-7(8)5-14/h1-2,4,7-8H,3,5-6,14H2. The summed E-state index contributed by atoms with van der Waals surface area (Å²) < 4.78 is 5.60. The lowest BCUT2D eigenvalue weighted by Gasteiger charge is -2.07. The van der Waals surface area contributed by atoms with Crippen molar-refractivity contribution in [2.45, 2.75) is 6.42 Å². The van der Waals surface area contributed by atoms with Crippen molar-refractivity contribution < 1.29 is 4.74 Å². The average Bonchev–Trinajstić information content (AvgIpc) is 2.95. The molecule has 2 nitrogen and oxygen atoms in total. The highest BCUT2D eigenvalue weighted by molar-refractivity contribution is 6.35. The number of benzene rings is 1. The molecule has 0 amide bonds. The molecule has 1 aliphatic rings. The molecule has 0 bridgehead atoms. The Morgan fingerprint density at radius 2 is 2.13 bits per heavy atom. The summed E-state index contributed by atoms with van der Waals surface area (Å²) in [6, 6.07) is 5.26. The van der Waals surface area contributed by atoms with Gasteiger partial charge in [-0.3, -0.25) is 0 Å². The largest absolute Gasteiger partial charge is 0.492 e. The van der Waals surface area contributed by atoms with Crippen molar-refractivity contribution in [2.24, 2.45) is 17.6 Å². The molecule has 4 heteroatoms. The summed E-state index contributed by atoms with van der Waals surface area (Å²) in [6.45, 7) is 1.45. The van der Waals surface area contributed by atoms with Crippen LogP contribution in [0.3, 0.4) is 0 Å². The van der Waals surface area contributed by atoms with Gasteiger partial charge in [-0.2, -0.15) is 0 Å². The van der Waals surface area contributed by atoms with Crippen LogP contribution in [0.25, 0.3) is 0 Å². The van der Waals surface area contributed by atoms with E-state index in [4.69, 9.17) is 33.7 Å². The second-order valence-electron chi connectivity index (χ2n) is 3.88. The Morgan fingerprint density at radius 1 is 1.33 bits per heavy atom. The molecule has 0 heterocycles. The summed E-state index contributed by atoms with van der Waals surface area (Å²) >= 11 is 11.8. The van der Waals surface area contributed by atoms with Gasteiger partial charge in [0.1, 0.15) is 5.75 Å². The van der Waals surface area contributed by atoms with Crippen molar-refractivity contribution in [3.05, 3.63) is 28.2 Å². The lowest BCUT2D eigenvalue weighted by Crippen LogP contribution is -2.07. The van der Waals surface area contributed by atoms with E-state index in [-0.39, 0.29) is 0 Å². The fourth-order valence-electron chi connectivity index (χ4n) is 1.59. The normalized spacial score (nSPS) is 23.9.